The summed E-state index contributed by atoms with van der Waals surface area (Å²) in [6.45, 7) is 0. The monoisotopic (exact) mass is 358 g/mol. The zero-order valence-corrected chi connectivity index (χ0v) is 13.1. The van der Waals surface area contributed by atoms with Crippen LogP contribution >= 0.6 is 15.9 Å². The normalized spacial score (nSPS) is 26.9. The summed E-state index contributed by atoms with van der Waals surface area (Å²) in [5.74, 6) is 0. The molecule has 1 saturated carbocycles. The lowest BCUT2D eigenvalue weighted by molar-refractivity contribution is 0.107. The number of aliphatic hydroxyl groups excluding tert-OH is 1. The highest BCUT2D eigenvalue weighted by Gasteiger charge is 2.38. The van der Waals surface area contributed by atoms with Crippen molar-refractivity contribution in [2.75, 3.05) is 0 Å². The lowest BCUT2D eigenvalue weighted by Gasteiger charge is -2.33. The van der Waals surface area contributed by atoms with Crippen molar-refractivity contribution in [1.29, 1.82) is 5.26 Å². The Morgan fingerprint density at radius 2 is 1.85 bits per heavy atom. The van der Waals surface area contributed by atoms with Crippen molar-refractivity contribution in [2.24, 2.45) is 0 Å². The van der Waals surface area contributed by atoms with Gasteiger partial charge in [-0.2, -0.15) is 9.98 Å². The van der Waals surface area contributed by atoms with Crippen LogP contribution in [-0.2, 0) is 10.0 Å². The fourth-order valence-electron chi connectivity index (χ4n) is 2.26. The molecule has 2 rings (SSSR count). The second kappa shape index (κ2) is 5.82. The van der Waals surface area contributed by atoms with E-state index in [1.807, 2.05) is 0 Å². The van der Waals surface area contributed by atoms with Crippen LogP contribution < -0.4 is 4.72 Å². The molecular formula is C13H15BrN2O3S. The van der Waals surface area contributed by atoms with Crippen LogP contribution in [0.5, 0.6) is 0 Å². The molecule has 1 aromatic carbocycles. The number of sulfonamides is 1. The first kappa shape index (κ1) is 15.4. The highest BCUT2D eigenvalue weighted by Crippen LogP contribution is 2.29. The highest BCUT2D eigenvalue weighted by atomic mass is 79.9. The van der Waals surface area contributed by atoms with E-state index in [1.54, 1.807) is 12.1 Å². The Morgan fingerprint density at radius 1 is 1.30 bits per heavy atom. The second-order valence-electron chi connectivity index (χ2n) is 4.98. The van der Waals surface area contributed by atoms with Crippen LogP contribution in [0.2, 0.25) is 0 Å². The molecule has 0 amide bonds. The summed E-state index contributed by atoms with van der Waals surface area (Å²) in [6, 6.07) is 8.30. The van der Waals surface area contributed by atoms with Crippen molar-refractivity contribution in [3.05, 3.63) is 28.7 Å². The standard InChI is InChI=1S/C13H15BrN2O3S/c14-10-1-3-12(4-2-10)20(18,19)16-13(9-15)7-5-11(17)6-8-13/h1-4,11,16-17H,5-8H2. The Morgan fingerprint density at radius 3 is 2.35 bits per heavy atom. The summed E-state index contributed by atoms with van der Waals surface area (Å²) in [7, 11) is -3.74. The maximum atomic E-state index is 12.3. The number of benzene rings is 1. The van der Waals surface area contributed by atoms with Gasteiger partial charge in [-0.25, -0.2) is 8.42 Å². The first-order valence-corrected chi connectivity index (χ1v) is 8.53. The van der Waals surface area contributed by atoms with Crippen molar-refractivity contribution in [2.45, 2.75) is 42.2 Å². The molecule has 1 aliphatic rings. The molecule has 20 heavy (non-hydrogen) atoms. The zero-order valence-electron chi connectivity index (χ0n) is 10.7. The molecule has 0 aromatic heterocycles. The maximum Gasteiger partial charge on any atom is 0.241 e. The van der Waals surface area contributed by atoms with Crippen molar-refractivity contribution in [3.8, 4) is 6.07 Å². The fraction of sp³-hybridized carbons (Fsp3) is 0.462. The van der Waals surface area contributed by atoms with Crippen molar-refractivity contribution in [1.82, 2.24) is 4.72 Å². The Hall–Kier alpha value is -0.940. The molecule has 1 fully saturated rings. The molecular weight excluding hydrogens is 344 g/mol. The summed E-state index contributed by atoms with van der Waals surface area (Å²) in [5.41, 5.74) is -1.12. The van der Waals surface area contributed by atoms with Gasteiger partial charge in [-0.3, -0.25) is 0 Å². The predicted octanol–water partition coefficient (Wildman–Crippen LogP) is 1.92. The Balaban J connectivity index is 2.23. The summed E-state index contributed by atoms with van der Waals surface area (Å²) in [5, 5.41) is 18.8. The van der Waals surface area contributed by atoms with Gasteiger partial charge in [0.25, 0.3) is 0 Å². The van der Waals surface area contributed by atoms with Crippen molar-refractivity contribution >= 4 is 26.0 Å². The molecule has 108 valence electrons. The van der Waals surface area contributed by atoms with E-state index in [0.29, 0.717) is 25.7 Å². The molecule has 0 heterocycles. The van der Waals surface area contributed by atoms with Gasteiger partial charge in [0.15, 0.2) is 0 Å². The van der Waals surface area contributed by atoms with Crippen LogP contribution in [0.4, 0.5) is 0 Å². The van der Waals surface area contributed by atoms with Gasteiger partial charge < -0.3 is 5.11 Å². The predicted molar refractivity (Wildman–Crippen MR) is 77.3 cm³/mol. The average Bonchev–Trinajstić information content (AvgIpc) is 2.42. The summed E-state index contributed by atoms with van der Waals surface area (Å²) < 4.78 is 27.9. The first-order valence-electron chi connectivity index (χ1n) is 6.26. The minimum Gasteiger partial charge on any atom is -0.393 e. The molecule has 0 bridgehead atoms. The SMILES string of the molecule is N#CC1(NS(=O)(=O)c2ccc(Br)cc2)CCC(O)CC1. The number of hydrogen-bond acceptors (Lipinski definition) is 4. The van der Waals surface area contributed by atoms with E-state index >= 15 is 0 Å². The second-order valence-corrected chi connectivity index (χ2v) is 7.58. The molecule has 2 N–H and O–H groups in total. The molecule has 0 atom stereocenters. The molecule has 0 aliphatic heterocycles. The van der Waals surface area contributed by atoms with E-state index < -0.39 is 21.7 Å². The molecule has 0 spiro atoms. The van der Waals surface area contributed by atoms with Gasteiger partial charge in [-0.1, -0.05) is 15.9 Å². The van der Waals surface area contributed by atoms with E-state index in [1.165, 1.54) is 12.1 Å². The molecule has 1 aliphatic carbocycles. The molecule has 5 nitrogen and oxygen atoms in total. The fourth-order valence-corrected chi connectivity index (χ4v) is 3.90. The van der Waals surface area contributed by atoms with Crippen LogP contribution in [0.3, 0.4) is 0 Å². The Labute approximate surface area is 126 Å². The van der Waals surface area contributed by atoms with Gasteiger partial charge in [0, 0.05) is 4.47 Å². The lowest BCUT2D eigenvalue weighted by atomic mass is 9.82. The molecule has 0 saturated heterocycles. The summed E-state index contributed by atoms with van der Waals surface area (Å²) >= 11 is 3.25. The van der Waals surface area contributed by atoms with Crippen molar-refractivity contribution in [3.63, 3.8) is 0 Å². The third-order valence-corrected chi connectivity index (χ3v) is 5.56. The lowest BCUT2D eigenvalue weighted by Crippen LogP contribution is -2.50. The van der Waals surface area contributed by atoms with E-state index in [9.17, 15) is 18.8 Å². The van der Waals surface area contributed by atoms with E-state index in [0.717, 1.165) is 4.47 Å². The number of rotatable bonds is 3. The number of halogens is 1. The number of hydrogen-bond donors (Lipinski definition) is 2. The van der Waals surface area contributed by atoms with E-state index in [2.05, 4.69) is 26.7 Å². The smallest absolute Gasteiger partial charge is 0.241 e. The minimum atomic E-state index is -3.74. The Kier molecular flexibility index (Phi) is 4.49. The van der Waals surface area contributed by atoms with Gasteiger partial charge >= 0.3 is 0 Å². The number of nitriles is 1. The van der Waals surface area contributed by atoms with Crippen LogP contribution in [0.25, 0.3) is 0 Å². The van der Waals surface area contributed by atoms with Gasteiger partial charge in [0.1, 0.15) is 5.54 Å². The average molecular weight is 359 g/mol. The summed E-state index contributed by atoms with van der Waals surface area (Å²) in [4.78, 5) is 0.126. The number of nitrogens with zero attached hydrogens (tertiary/aromatic N) is 1. The van der Waals surface area contributed by atoms with Gasteiger partial charge in [-0.15, -0.1) is 0 Å². The third kappa shape index (κ3) is 3.38. The van der Waals surface area contributed by atoms with Gasteiger partial charge in [0.05, 0.1) is 17.1 Å². The zero-order chi connectivity index (χ0) is 14.8. The first-order chi connectivity index (χ1) is 9.37. The van der Waals surface area contributed by atoms with Crippen LogP contribution in [0, 0.1) is 11.3 Å². The van der Waals surface area contributed by atoms with E-state index in [-0.39, 0.29) is 4.90 Å². The molecule has 1 aromatic rings. The van der Waals surface area contributed by atoms with Crippen LogP contribution in [0.15, 0.2) is 33.6 Å². The maximum absolute atomic E-state index is 12.3. The van der Waals surface area contributed by atoms with Crippen LogP contribution in [0.1, 0.15) is 25.7 Å². The Bertz CT molecular complexity index is 614. The largest absolute Gasteiger partial charge is 0.393 e. The van der Waals surface area contributed by atoms with Crippen LogP contribution in [-0.4, -0.2) is 25.2 Å². The molecule has 0 unspecified atom stereocenters. The summed E-state index contributed by atoms with van der Waals surface area (Å²) in [6.07, 6.45) is 1.04. The van der Waals surface area contributed by atoms with Gasteiger partial charge in [-0.05, 0) is 49.9 Å². The number of nitrogens with one attached hydrogen (secondary N) is 1. The molecule has 7 heteroatoms. The van der Waals surface area contributed by atoms with Crippen molar-refractivity contribution < 1.29 is 13.5 Å². The minimum absolute atomic E-state index is 0.126. The van der Waals surface area contributed by atoms with E-state index in [4.69, 9.17) is 0 Å². The topological polar surface area (TPSA) is 90.2 Å². The molecule has 0 radical (unpaired) electrons. The quantitative estimate of drug-likeness (QED) is 0.863. The third-order valence-electron chi connectivity index (χ3n) is 3.48. The van der Waals surface area contributed by atoms with Gasteiger partial charge in [0.2, 0.25) is 10.0 Å². The highest BCUT2D eigenvalue weighted by molar-refractivity contribution is 9.10. The number of aliphatic hydroxyl groups is 1.